The van der Waals surface area contributed by atoms with Crippen LogP contribution >= 0.6 is 11.6 Å². The molecule has 0 spiro atoms. The predicted octanol–water partition coefficient (Wildman–Crippen LogP) is 2.84. The van der Waals surface area contributed by atoms with E-state index in [2.05, 4.69) is 26.8 Å². The molecule has 34 heavy (non-hydrogen) atoms. The number of rotatable bonds is 3. The molecule has 9 heteroatoms. The highest BCUT2D eigenvalue weighted by molar-refractivity contribution is 6.33. The highest BCUT2D eigenvalue weighted by atomic mass is 35.5. The first-order chi connectivity index (χ1) is 16.5. The van der Waals surface area contributed by atoms with Gasteiger partial charge < -0.3 is 29.4 Å². The van der Waals surface area contributed by atoms with Gasteiger partial charge in [-0.3, -0.25) is 0 Å². The molecular formula is C25H24ClN3O5. The van der Waals surface area contributed by atoms with Gasteiger partial charge >= 0.3 is 0 Å². The molecular weight excluding hydrogens is 458 g/mol. The van der Waals surface area contributed by atoms with Crippen molar-refractivity contribution < 1.29 is 24.4 Å². The molecule has 0 amide bonds. The molecule has 8 nitrogen and oxygen atoms in total. The summed E-state index contributed by atoms with van der Waals surface area (Å²) >= 11 is 6.53. The number of H-pyrrole nitrogens is 1. The molecule has 3 N–H and O–H groups in total. The number of aromatic amines is 1. The number of aliphatic hydroxyl groups is 2. The number of hydrogen-bond acceptors (Lipinski definition) is 7. The smallest absolute Gasteiger partial charge is 0.296 e. The number of ether oxygens (including phenoxy) is 3. The Balaban J connectivity index is 1.21. The van der Waals surface area contributed by atoms with Gasteiger partial charge in [-0.1, -0.05) is 35.6 Å². The van der Waals surface area contributed by atoms with Crippen LogP contribution in [0, 0.1) is 11.8 Å². The van der Waals surface area contributed by atoms with Crippen molar-refractivity contribution in [3.63, 3.8) is 0 Å². The van der Waals surface area contributed by atoms with Gasteiger partial charge in [0, 0.05) is 11.1 Å². The van der Waals surface area contributed by atoms with Crippen LogP contribution in [0.2, 0.25) is 5.02 Å². The zero-order valence-corrected chi connectivity index (χ0v) is 19.1. The second-order valence-electron chi connectivity index (χ2n) is 9.12. The summed E-state index contributed by atoms with van der Waals surface area (Å²) in [6.07, 6.45) is 1.80. The van der Waals surface area contributed by atoms with Crippen LogP contribution in [0.25, 0.3) is 22.4 Å². The Kier molecular flexibility index (Phi) is 5.47. The Morgan fingerprint density at radius 2 is 1.85 bits per heavy atom. The monoisotopic (exact) mass is 481 g/mol. The summed E-state index contributed by atoms with van der Waals surface area (Å²) in [5.74, 6) is 6.10. The maximum atomic E-state index is 10.4. The molecule has 3 fully saturated rings. The minimum Gasteiger partial charge on any atom is -0.456 e. The van der Waals surface area contributed by atoms with Gasteiger partial charge in [0.15, 0.2) is 11.8 Å². The van der Waals surface area contributed by atoms with E-state index in [1.807, 2.05) is 24.3 Å². The SMILES string of the molecule is O[C@@H]1CO[C@H]2[C@@H]1OC[C@H]2Oc1nc2nc(-c3ccc(C#CC4(O)CCCC4)cc3)c(Cl)cc2[nH]1. The number of hydrogen-bond donors (Lipinski definition) is 3. The van der Waals surface area contributed by atoms with Crippen LogP contribution in [-0.4, -0.2) is 68.4 Å². The van der Waals surface area contributed by atoms with Gasteiger partial charge in [0.25, 0.3) is 6.01 Å². The van der Waals surface area contributed by atoms with Gasteiger partial charge in [0.2, 0.25) is 0 Å². The first-order valence-corrected chi connectivity index (χ1v) is 11.9. The molecule has 0 unspecified atom stereocenters. The fourth-order valence-electron chi connectivity index (χ4n) is 4.83. The van der Waals surface area contributed by atoms with Crippen LogP contribution in [0.15, 0.2) is 30.3 Å². The van der Waals surface area contributed by atoms with Gasteiger partial charge in [-0.25, -0.2) is 4.98 Å². The summed E-state index contributed by atoms with van der Waals surface area (Å²) in [6, 6.07) is 9.68. The van der Waals surface area contributed by atoms with E-state index in [1.54, 1.807) is 6.07 Å². The Morgan fingerprint density at radius 1 is 1.09 bits per heavy atom. The van der Waals surface area contributed by atoms with Crippen molar-refractivity contribution in [3.05, 3.63) is 40.9 Å². The third-order valence-corrected chi connectivity index (χ3v) is 6.97. The summed E-state index contributed by atoms with van der Waals surface area (Å²) in [4.78, 5) is 12.2. The number of nitrogens with one attached hydrogen (secondary N) is 1. The fraction of sp³-hybridized carbons (Fsp3) is 0.440. The highest BCUT2D eigenvalue weighted by Crippen LogP contribution is 2.32. The lowest BCUT2D eigenvalue weighted by Crippen LogP contribution is -2.34. The van der Waals surface area contributed by atoms with Crippen molar-refractivity contribution in [3.8, 4) is 29.1 Å². The number of halogens is 1. The number of aromatic nitrogens is 3. The molecule has 1 saturated carbocycles. The Labute approximate surface area is 201 Å². The van der Waals surface area contributed by atoms with Crippen LogP contribution in [0.1, 0.15) is 31.2 Å². The van der Waals surface area contributed by atoms with E-state index in [1.165, 1.54) is 0 Å². The molecule has 2 aliphatic heterocycles. The third-order valence-electron chi connectivity index (χ3n) is 6.68. The number of fused-ring (bicyclic) bond motifs is 2. The number of pyridine rings is 1. The Bertz CT molecular complexity index is 1280. The maximum Gasteiger partial charge on any atom is 0.296 e. The van der Waals surface area contributed by atoms with E-state index in [0.29, 0.717) is 34.5 Å². The van der Waals surface area contributed by atoms with Crippen LogP contribution in [0.3, 0.4) is 0 Å². The van der Waals surface area contributed by atoms with Crippen LogP contribution in [-0.2, 0) is 9.47 Å². The second kappa shape index (κ2) is 8.52. The van der Waals surface area contributed by atoms with E-state index in [0.717, 1.165) is 36.8 Å². The van der Waals surface area contributed by atoms with Gasteiger partial charge in [-0.2, -0.15) is 4.98 Å². The first kappa shape index (κ1) is 21.8. The van der Waals surface area contributed by atoms with Crippen LogP contribution < -0.4 is 4.74 Å². The molecule has 1 aromatic carbocycles. The molecule has 0 radical (unpaired) electrons. The molecule has 6 rings (SSSR count). The summed E-state index contributed by atoms with van der Waals surface area (Å²) in [5, 5.41) is 20.8. The molecule has 3 aromatic rings. The minimum absolute atomic E-state index is 0.237. The first-order valence-electron chi connectivity index (χ1n) is 11.5. The number of nitrogens with zero attached hydrogens (tertiary/aromatic N) is 2. The number of imidazole rings is 1. The molecule has 176 valence electrons. The van der Waals surface area contributed by atoms with Crippen LogP contribution in [0.5, 0.6) is 6.01 Å². The standard InChI is InChI=1S/C25H24ClN3O5/c26-16-11-17-23(29-24(27-17)34-19-13-33-21-18(30)12-32-22(19)21)28-20(16)15-5-3-14(4-6-15)7-10-25(31)8-1-2-9-25/h3-6,11,18-19,21-22,30-31H,1-2,8-9,12-13H2,(H,27,28,29)/t18-,19-,21-,22-/m1/s1. The summed E-state index contributed by atoms with van der Waals surface area (Å²) in [7, 11) is 0. The van der Waals surface area contributed by atoms with Gasteiger partial charge in [-0.15, -0.1) is 0 Å². The average molecular weight is 482 g/mol. The zero-order valence-electron chi connectivity index (χ0n) is 18.3. The van der Waals surface area contributed by atoms with Crippen LogP contribution in [0.4, 0.5) is 0 Å². The van der Waals surface area contributed by atoms with Crippen molar-refractivity contribution in [2.75, 3.05) is 13.2 Å². The number of benzene rings is 1. The van der Waals surface area contributed by atoms with E-state index in [4.69, 9.17) is 25.8 Å². The molecule has 4 heterocycles. The van der Waals surface area contributed by atoms with E-state index in [9.17, 15) is 10.2 Å². The van der Waals surface area contributed by atoms with Gasteiger partial charge in [0.05, 0.1) is 29.4 Å². The minimum atomic E-state index is -0.858. The van der Waals surface area contributed by atoms with Crippen molar-refractivity contribution in [1.82, 2.24) is 15.0 Å². The molecule has 2 aromatic heterocycles. The lowest BCUT2D eigenvalue weighted by atomic mass is 10.0. The quantitative estimate of drug-likeness (QED) is 0.493. The topological polar surface area (TPSA) is 110 Å². The van der Waals surface area contributed by atoms with Crippen molar-refractivity contribution >= 4 is 22.8 Å². The molecule has 1 aliphatic carbocycles. The average Bonchev–Trinajstić information content (AvgIpc) is 3.60. The van der Waals surface area contributed by atoms with Crippen molar-refractivity contribution in [2.45, 2.75) is 55.7 Å². The summed E-state index contributed by atoms with van der Waals surface area (Å²) in [6.45, 7) is 0.552. The summed E-state index contributed by atoms with van der Waals surface area (Å²) < 4.78 is 17.2. The molecule has 0 bridgehead atoms. The fourth-order valence-corrected chi connectivity index (χ4v) is 5.09. The third kappa shape index (κ3) is 4.04. The molecule has 4 atom stereocenters. The van der Waals surface area contributed by atoms with E-state index in [-0.39, 0.29) is 24.9 Å². The van der Waals surface area contributed by atoms with Crippen molar-refractivity contribution in [2.24, 2.45) is 0 Å². The maximum absolute atomic E-state index is 10.4. The van der Waals surface area contributed by atoms with Crippen molar-refractivity contribution in [1.29, 1.82) is 0 Å². The largest absolute Gasteiger partial charge is 0.456 e. The normalized spacial score (nSPS) is 27.5. The molecule has 2 saturated heterocycles. The van der Waals surface area contributed by atoms with E-state index < -0.39 is 11.7 Å². The number of aliphatic hydroxyl groups excluding tert-OH is 1. The second-order valence-corrected chi connectivity index (χ2v) is 9.52. The summed E-state index contributed by atoms with van der Waals surface area (Å²) in [5.41, 5.74) is 2.54. The Hall–Kier alpha value is -2.67. The lowest BCUT2D eigenvalue weighted by Gasteiger charge is -2.15. The van der Waals surface area contributed by atoms with Gasteiger partial charge in [0.1, 0.15) is 23.9 Å². The Morgan fingerprint density at radius 3 is 2.65 bits per heavy atom. The predicted molar refractivity (Wildman–Crippen MR) is 125 cm³/mol. The zero-order chi connectivity index (χ0) is 23.3. The van der Waals surface area contributed by atoms with E-state index >= 15 is 0 Å². The van der Waals surface area contributed by atoms with Gasteiger partial charge in [-0.05, 0) is 43.9 Å². The molecule has 3 aliphatic rings. The highest BCUT2D eigenvalue weighted by Gasteiger charge is 2.48. The lowest BCUT2D eigenvalue weighted by molar-refractivity contribution is 0.00706.